The monoisotopic (exact) mass is 331 g/mol. The van der Waals surface area contributed by atoms with E-state index in [1.807, 2.05) is 28.8 Å². The Hall–Kier alpha value is -2.21. The number of fused-ring (bicyclic) bond motifs is 1. The van der Waals surface area contributed by atoms with Gasteiger partial charge in [0.1, 0.15) is 0 Å². The van der Waals surface area contributed by atoms with Crippen LogP contribution in [0.25, 0.3) is 17.0 Å². The van der Waals surface area contributed by atoms with Crippen molar-refractivity contribution in [2.45, 2.75) is 6.92 Å². The van der Waals surface area contributed by atoms with Crippen molar-refractivity contribution in [3.63, 3.8) is 0 Å². The maximum atomic E-state index is 11.2. The second-order valence-corrected chi connectivity index (χ2v) is 5.30. The van der Waals surface area contributed by atoms with Gasteiger partial charge in [-0.15, -0.1) is 10.2 Å². The summed E-state index contributed by atoms with van der Waals surface area (Å²) in [5, 5.41) is 17.5. The number of halogens is 1. The first-order valence-electron chi connectivity index (χ1n) is 5.91. The average molecular weight is 332 g/mol. The third-order valence-electron chi connectivity index (χ3n) is 3.17. The van der Waals surface area contributed by atoms with Crippen LogP contribution in [0.1, 0.15) is 15.9 Å². The van der Waals surface area contributed by atoms with Gasteiger partial charge in [-0.3, -0.25) is 4.40 Å². The molecule has 2 aromatic heterocycles. The fraction of sp³-hybridized carbons (Fsp3) is 0.0714. The third-order valence-corrected chi connectivity index (χ3v) is 3.64. The Kier molecular flexibility index (Phi) is 3.02. The van der Waals surface area contributed by atoms with Gasteiger partial charge in [0.05, 0.1) is 5.56 Å². The first kappa shape index (κ1) is 12.8. The highest BCUT2D eigenvalue weighted by atomic mass is 79.9. The van der Waals surface area contributed by atoms with Crippen LogP contribution in [0.3, 0.4) is 0 Å². The second-order valence-electron chi connectivity index (χ2n) is 4.38. The van der Waals surface area contributed by atoms with E-state index in [2.05, 4.69) is 26.1 Å². The summed E-state index contributed by atoms with van der Waals surface area (Å²) < 4.78 is 2.73. The Bertz CT molecular complexity index is 826. The number of hydrogen-bond acceptors (Lipinski definition) is 3. The van der Waals surface area contributed by atoms with Crippen molar-refractivity contribution in [1.82, 2.24) is 14.6 Å². The summed E-state index contributed by atoms with van der Waals surface area (Å²) in [6, 6.07) is 8.87. The van der Waals surface area contributed by atoms with Crippen LogP contribution in [0.2, 0.25) is 0 Å². The van der Waals surface area contributed by atoms with Gasteiger partial charge in [0, 0.05) is 16.2 Å². The largest absolute Gasteiger partial charge is 0.478 e. The van der Waals surface area contributed by atoms with E-state index >= 15 is 0 Å². The van der Waals surface area contributed by atoms with Gasteiger partial charge in [-0.1, -0.05) is 12.1 Å². The lowest BCUT2D eigenvalue weighted by molar-refractivity contribution is 0.0696. The number of rotatable bonds is 2. The molecule has 0 radical (unpaired) electrons. The highest BCUT2D eigenvalue weighted by Crippen LogP contribution is 2.25. The van der Waals surface area contributed by atoms with Crippen LogP contribution in [-0.2, 0) is 0 Å². The fourth-order valence-electron chi connectivity index (χ4n) is 2.16. The molecule has 100 valence electrons. The van der Waals surface area contributed by atoms with Crippen LogP contribution in [0, 0.1) is 6.92 Å². The standard InChI is InChI=1S/C14H10BrN3O2/c1-8-10(3-2-4-11(8)14(19)20)13-17-16-12-6-5-9(15)7-18(12)13/h2-7H,1H3,(H,19,20). The van der Waals surface area contributed by atoms with Crippen molar-refractivity contribution in [3.8, 4) is 11.4 Å². The summed E-state index contributed by atoms with van der Waals surface area (Å²) in [6.07, 6.45) is 1.86. The minimum absolute atomic E-state index is 0.272. The van der Waals surface area contributed by atoms with Gasteiger partial charge in [0.15, 0.2) is 11.5 Å². The number of carboxylic acid groups (broad SMARTS) is 1. The van der Waals surface area contributed by atoms with Crippen LogP contribution in [-0.4, -0.2) is 25.7 Å². The van der Waals surface area contributed by atoms with E-state index in [1.165, 1.54) is 0 Å². The highest BCUT2D eigenvalue weighted by Gasteiger charge is 2.15. The molecule has 3 rings (SSSR count). The van der Waals surface area contributed by atoms with Crippen molar-refractivity contribution in [3.05, 3.63) is 52.1 Å². The Morgan fingerprint density at radius 3 is 2.80 bits per heavy atom. The van der Waals surface area contributed by atoms with Crippen molar-refractivity contribution in [2.75, 3.05) is 0 Å². The quantitative estimate of drug-likeness (QED) is 0.783. The maximum Gasteiger partial charge on any atom is 0.335 e. The van der Waals surface area contributed by atoms with Gasteiger partial charge >= 0.3 is 5.97 Å². The Morgan fingerprint density at radius 1 is 1.25 bits per heavy atom. The molecule has 0 fully saturated rings. The molecule has 6 heteroatoms. The molecule has 0 bridgehead atoms. The van der Waals surface area contributed by atoms with Gasteiger partial charge in [-0.25, -0.2) is 4.79 Å². The SMILES string of the molecule is Cc1c(C(=O)O)cccc1-c1nnc2ccc(Br)cn12. The number of nitrogens with zero attached hydrogens (tertiary/aromatic N) is 3. The minimum atomic E-state index is -0.945. The summed E-state index contributed by atoms with van der Waals surface area (Å²) in [5.41, 5.74) is 2.42. The van der Waals surface area contributed by atoms with Gasteiger partial charge in [-0.05, 0) is 46.6 Å². The van der Waals surface area contributed by atoms with E-state index < -0.39 is 5.97 Å². The zero-order valence-corrected chi connectivity index (χ0v) is 12.1. The van der Waals surface area contributed by atoms with Crippen molar-refractivity contribution < 1.29 is 9.90 Å². The van der Waals surface area contributed by atoms with E-state index in [-0.39, 0.29) is 5.56 Å². The van der Waals surface area contributed by atoms with E-state index in [1.54, 1.807) is 19.1 Å². The van der Waals surface area contributed by atoms with Gasteiger partial charge < -0.3 is 5.11 Å². The zero-order chi connectivity index (χ0) is 14.3. The van der Waals surface area contributed by atoms with Crippen LogP contribution in [0.5, 0.6) is 0 Å². The Balaban J connectivity index is 2.28. The van der Waals surface area contributed by atoms with Crippen LogP contribution < -0.4 is 0 Å². The molecule has 0 saturated carbocycles. The summed E-state index contributed by atoms with van der Waals surface area (Å²) in [4.78, 5) is 11.2. The molecule has 0 atom stereocenters. The molecular formula is C14H10BrN3O2. The molecule has 0 amide bonds. The molecule has 0 aliphatic heterocycles. The zero-order valence-electron chi connectivity index (χ0n) is 10.5. The van der Waals surface area contributed by atoms with E-state index in [0.717, 1.165) is 10.0 Å². The predicted octanol–water partition coefficient (Wildman–Crippen LogP) is 3.17. The van der Waals surface area contributed by atoms with Gasteiger partial charge in [-0.2, -0.15) is 0 Å². The Labute approximate surface area is 123 Å². The number of pyridine rings is 1. The second kappa shape index (κ2) is 4.72. The number of aromatic carboxylic acids is 1. The molecule has 0 saturated heterocycles. The van der Waals surface area contributed by atoms with Crippen molar-refractivity contribution in [1.29, 1.82) is 0 Å². The molecule has 0 spiro atoms. The molecule has 1 aromatic carbocycles. The number of carbonyl (C=O) groups is 1. The smallest absolute Gasteiger partial charge is 0.335 e. The first-order chi connectivity index (χ1) is 9.58. The van der Waals surface area contributed by atoms with Crippen LogP contribution in [0.15, 0.2) is 41.0 Å². The highest BCUT2D eigenvalue weighted by molar-refractivity contribution is 9.10. The molecule has 5 nitrogen and oxygen atoms in total. The lowest BCUT2D eigenvalue weighted by Crippen LogP contribution is -2.02. The molecular weight excluding hydrogens is 322 g/mol. The number of carboxylic acids is 1. The topological polar surface area (TPSA) is 67.5 Å². The van der Waals surface area contributed by atoms with Crippen molar-refractivity contribution >= 4 is 27.5 Å². The molecule has 2 heterocycles. The summed E-state index contributed by atoms with van der Waals surface area (Å²) in [7, 11) is 0. The summed E-state index contributed by atoms with van der Waals surface area (Å²) in [5.74, 6) is -0.318. The number of benzene rings is 1. The van der Waals surface area contributed by atoms with E-state index in [9.17, 15) is 9.90 Å². The third kappa shape index (κ3) is 1.98. The Morgan fingerprint density at radius 2 is 2.05 bits per heavy atom. The molecule has 3 aromatic rings. The number of aromatic nitrogens is 3. The van der Waals surface area contributed by atoms with E-state index in [0.29, 0.717) is 17.0 Å². The molecule has 0 aliphatic carbocycles. The number of hydrogen-bond donors (Lipinski definition) is 1. The van der Waals surface area contributed by atoms with Gasteiger partial charge in [0.2, 0.25) is 0 Å². The average Bonchev–Trinajstić information content (AvgIpc) is 2.81. The summed E-state index contributed by atoms with van der Waals surface area (Å²) >= 11 is 3.41. The lowest BCUT2D eigenvalue weighted by atomic mass is 10.0. The van der Waals surface area contributed by atoms with Crippen LogP contribution >= 0.6 is 15.9 Å². The van der Waals surface area contributed by atoms with Crippen molar-refractivity contribution in [2.24, 2.45) is 0 Å². The van der Waals surface area contributed by atoms with Gasteiger partial charge in [0.25, 0.3) is 0 Å². The first-order valence-corrected chi connectivity index (χ1v) is 6.71. The molecule has 20 heavy (non-hydrogen) atoms. The fourth-order valence-corrected chi connectivity index (χ4v) is 2.50. The summed E-state index contributed by atoms with van der Waals surface area (Å²) in [6.45, 7) is 1.78. The molecule has 0 aliphatic rings. The maximum absolute atomic E-state index is 11.2. The normalized spacial score (nSPS) is 10.9. The van der Waals surface area contributed by atoms with E-state index in [4.69, 9.17) is 0 Å². The minimum Gasteiger partial charge on any atom is -0.478 e. The molecule has 1 N–H and O–H groups in total. The van der Waals surface area contributed by atoms with Crippen LogP contribution in [0.4, 0.5) is 0 Å². The lowest BCUT2D eigenvalue weighted by Gasteiger charge is -2.07. The predicted molar refractivity (Wildman–Crippen MR) is 77.8 cm³/mol. The molecule has 0 unspecified atom stereocenters.